The van der Waals surface area contributed by atoms with Gasteiger partial charge in [0, 0.05) is 4.32 Å². The molecule has 106 valence electrons. The van der Waals surface area contributed by atoms with Crippen LogP contribution in [0.25, 0.3) is 0 Å². The highest BCUT2D eigenvalue weighted by Gasteiger charge is 2.60. The van der Waals surface area contributed by atoms with Crippen molar-refractivity contribution in [1.29, 1.82) is 0 Å². The summed E-state index contributed by atoms with van der Waals surface area (Å²) >= 11 is 3.86. The lowest BCUT2D eigenvalue weighted by Gasteiger charge is -2.58. The average Bonchev–Trinajstić information content (AvgIpc) is 2.24. The van der Waals surface area contributed by atoms with Crippen LogP contribution in [0.3, 0.4) is 0 Å². The molecule has 4 bridgehead atoms. The fraction of sp³-hybridized carbons (Fsp3) is 0.857. The third-order valence-electron chi connectivity index (χ3n) is 5.11. The average molecular weight is 330 g/mol. The van der Waals surface area contributed by atoms with Crippen LogP contribution in [0.15, 0.2) is 0 Å². The van der Waals surface area contributed by atoms with Crippen LogP contribution in [0.4, 0.5) is 0 Å². The number of rotatable bonds is 3. The fourth-order valence-corrected chi connectivity index (χ4v) is 6.19. The van der Waals surface area contributed by atoms with Crippen LogP contribution in [0, 0.1) is 17.3 Å². The van der Waals surface area contributed by atoms with Gasteiger partial charge in [-0.2, -0.15) is 0 Å². The Morgan fingerprint density at radius 2 is 1.84 bits per heavy atom. The van der Waals surface area contributed by atoms with Gasteiger partial charge in [-0.1, -0.05) is 15.9 Å². The maximum absolute atomic E-state index is 12.5. The number of esters is 1. The van der Waals surface area contributed by atoms with Crippen molar-refractivity contribution in [2.45, 2.75) is 55.9 Å². The minimum Gasteiger partial charge on any atom is -0.452 e. The zero-order valence-corrected chi connectivity index (χ0v) is 12.7. The van der Waals surface area contributed by atoms with Gasteiger partial charge in [0.25, 0.3) is 5.91 Å². The van der Waals surface area contributed by atoms with Crippen molar-refractivity contribution in [2.75, 3.05) is 0 Å². The third-order valence-corrected chi connectivity index (χ3v) is 6.04. The van der Waals surface area contributed by atoms with Crippen molar-refractivity contribution in [2.24, 2.45) is 23.0 Å². The molecule has 2 unspecified atom stereocenters. The summed E-state index contributed by atoms with van der Waals surface area (Å²) in [7, 11) is 0. The number of primary amides is 1. The Balaban J connectivity index is 1.80. The summed E-state index contributed by atoms with van der Waals surface area (Å²) in [6.45, 7) is 1.55. The number of hydrogen-bond acceptors (Lipinski definition) is 3. The Labute approximate surface area is 121 Å². The van der Waals surface area contributed by atoms with E-state index in [-0.39, 0.29) is 15.7 Å². The van der Waals surface area contributed by atoms with Crippen LogP contribution >= 0.6 is 15.9 Å². The number of hydrogen-bond donors (Lipinski definition) is 1. The quantitative estimate of drug-likeness (QED) is 0.637. The first-order chi connectivity index (χ1) is 8.82. The van der Waals surface area contributed by atoms with Gasteiger partial charge in [0.1, 0.15) is 0 Å². The van der Waals surface area contributed by atoms with E-state index in [9.17, 15) is 9.59 Å². The zero-order valence-electron chi connectivity index (χ0n) is 11.2. The molecule has 0 spiro atoms. The predicted molar refractivity (Wildman–Crippen MR) is 73.5 cm³/mol. The summed E-state index contributed by atoms with van der Waals surface area (Å²) in [5, 5.41) is 0. The van der Waals surface area contributed by atoms with Gasteiger partial charge in [-0.25, -0.2) is 0 Å². The number of alkyl halides is 1. The van der Waals surface area contributed by atoms with Crippen molar-refractivity contribution in [3.05, 3.63) is 0 Å². The van der Waals surface area contributed by atoms with Gasteiger partial charge in [-0.3, -0.25) is 9.59 Å². The van der Waals surface area contributed by atoms with Gasteiger partial charge in [0.15, 0.2) is 6.10 Å². The number of ether oxygens (including phenoxy) is 1. The molecule has 4 aliphatic rings. The molecule has 19 heavy (non-hydrogen) atoms. The minimum absolute atomic E-state index is 0.117. The van der Waals surface area contributed by atoms with Crippen molar-refractivity contribution in [1.82, 2.24) is 0 Å². The van der Waals surface area contributed by atoms with Gasteiger partial charge >= 0.3 is 5.97 Å². The maximum Gasteiger partial charge on any atom is 0.312 e. The van der Waals surface area contributed by atoms with Crippen molar-refractivity contribution < 1.29 is 14.3 Å². The van der Waals surface area contributed by atoms with Crippen LogP contribution in [-0.2, 0) is 14.3 Å². The lowest BCUT2D eigenvalue weighted by molar-refractivity contribution is -0.176. The van der Waals surface area contributed by atoms with E-state index < -0.39 is 12.0 Å². The molecule has 0 aromatic heterocycles. The number of halogens is 1. The van der Waals surface area contributed by atoms with Gasteiger partial charge in [-0.05, 0) is 57.3 Å². The molecule has 0 aromatic rings. The van der Waals surface area contributed by atoms with E-state index in [2.05, 4.69) is 15.9 Å². The summed E-state index contributed by atoms with van der Waals surface area (Å²) in [6, 6.07) is 0. The molecular weight excluding hydrogens is 310 g/mol. The molecule has 5 atom stereocenters. The molecule has 4 aliphatic carbocycles. The number of carbonyl (C=O) groups is 2. The van der Waals surface area contributed by atoms with E-state index >= 15 is 0 Å². The molecule has 4 fully saturated rings. The second-order valence-electron chi connectivity index (χ2n) is 6.84. The standard InChI is InChI=1S/C14H20BrNO3/c1-8(11(16)17)19-12(18)13-3-9-2-10(4-13)6-14(15,5-9)7-13/h8-10H,2-7H2,1H3,(H2,16,17)/t8-,9-,10+,13?,14?/m1/s1. The number of nitrogens with two attached hydrogens (primary N) is 1. The first kappa shape index (κ1) is 13.4. The largest absolute Gasteiger partial charge is 0.452 e. The molecule has 4 nitrogen and oxygen atoms in total. The van der Waals surface area contributed by atoms with E-state index in [0.717, 1.165) is 19.3 Å². The lowest BCUT2D eigenvalue weighted by Crippen LogP contribution is -2.56. The summed E-state index contributed by atoms with van der Waals surface area (Å²) in [4.78, 5) is 23.6. The minimum atomic E-state index is -0.827. The summed E-state index contributed by atoms with van der Waals surface area (Å²) in [5.74, 6) is 0.456. The van der Waals surface area contributed by atoms with E-state index in [4.69, 9.17) is 10.5 Å². The monoisotopic (exact) mass is 329 g/mol. The topological polar surface area (TPSA) is 69.4 Å². The fourth-order valence-electron chi connectivity index (χ4n) is 4.73. The maximum atomic E-state index is 12.5. The Morgan fingerprint density at radius 3 is 2.32 bits per heavy atom. The van der Waals surface area contributed by atoms with E-state index in [1.807, 2.05) is 0 Å². The second-order valence-corrected chi connectivity index (χ2v) is 8.52. The highest BCUT2D eigenvalue weighted by molar-refractivity contribution is 9.10. The Kier molecular flexibility index (Phi) is 2.97. The Hall–Kier alpha value is -0.580. The van der Waals surface area contributed by atoms with Crippen LogP contribution in [0.1, 0.15) is 45.4 Å². The lowest BCUT2D eigenvalue weighted by atomic mass is 9.49. The molecular formula is C14H20BrNO3. The van der Waals surface area contributed by atoms with Crippen molar-refractivity contribution in [3.8, 4) is 0 Å². The SMILES string of the molecule is C[C@@H](OC(=O)C12C[C@@H]3C[C@@H](CC(Br)(C3)C1)C2)C(N)=O. The molecule has 5 heteroatoms. The number of carbonyl (C=O) groups excluding carboxylic acids is 2. The first-order valence-electron chi connectivity index (χ1n) is 7.01. The predicted octanol–water partition coefficient (Wildman–Crippen LogP) is 2.14. The van der Waals surface area contributed by atoms with E-state index in [1.165, 1.54) is 19.3 Å². The molecule has 2 N–H and O–H groups in total. The van der Waals surface area contributed by atoms with Crippen LogP contribution < -0.4 is 5.73 Å². The van der Waals surface area contributed by atoms with Gasteiger partial charge in [0.05, 0.1) is 5.41 Å². The van der Waals surface area contributed by atoms with Crippen LogP contribution in [0.2, 0.25) is 0 Å². The molecule has 4 rings (SSSR count). The molecule has 1 amide bonds. The number of amides is 1. The summed E-state index contributed by atoms with van der Waals surface area (Å²) < 4.78 is 5.42. The summed E-state index contributed by atoms with van der Waals surface area (Å²) in [6.07, 6.45) is 5.44. The van der Waals surface area contributed by atoms with Crippen molar-refractivity contribution in [3.63, 3.8) is 0 Å². The summed E-state index contributed by atoms with van der Waals surface area (Å²) in [5.41, 5.74) is 4.80. The van der Waals surface area contributed by atoms with Gasteiger partial charge in [0.2, 0.25) is 0 Å². The highest BCUT2D eigenvalue weighted by atomic mass is 79.9. The molecule has 4 saturated carbocycles. The van der Waals surface area contributed by atoms with E-state index in [0.29, 0.717) is 11.8 Å². The Morgan fingerprint density at radius 1 is 1.26 bits per heavy atom. The first-order valence-corrected chi connectivity index (χ1v) is 7.81. The molecule has 0 heterocycles. The van der Waals surface area contributed by atoms with Crippen LogP contribution in [0.5, 0.6) is 0 Å². The second kappa shape index (κ2) is 4.21. The van der Waals surface area contributed by atoms with Crippen molar-refractivity contribution >= 4 is 27.8 Å². The van der Waals surface area contributed by atoms with Gasteiger partial charge in [-0.15, -0.1) is 0 Å². The normalized spacial score (nSPS) is 44.9. The smallest absolute Gasteiger partial charge is 0.312 e. The molecule has 0 aromatic carbocycles. The third kappa shape index (κ3) is 2.20. The highest BCUT2D eigenvalue weighted by Crippen LogP contribution is 2.64. The van der Waals surface area contributed by atoms with Gasteiger partial charge < -0.3 is 10.5 Å². The molecule has 0 radical (unpaired) electrons. The van der Waals surface area contributed by atoms with Crippen LogP contribution in [-0.4, -0.2) is 22.3 Å². The molecule has 0 aliphatic heterocycles. The zero-order chi connectivity index (χ0) is 13.8. The Bertz CT molecular complexity index is 422. The van der Waals surface area contributed by atoms with E-state index in [1.54, 1.807) is 6.92 Å². The molecule has 0 saturated heterocycles.